The summed E-state index contributed by atoms with van der Waals surface area (Å²) < 4.78 is 0. The second kappa shape index (κ2) is 7.51. The zero-order valence-corrected chi connectivity index (χ0v) is 21.1. The van der Waals surface area contributed by atoms with E-state index in [1.165, 1.54) is 33.4 Å². The fourth-order valence-electron chi connectivity index (χ4n) is 4.23. The smallest absolute Gasteiger partial charge is 0.00700 e. The van der Waals surface area contributed by atoms with Crippen LogP contribution in [0.15, 0.2) is 30.3 Å². The van der Waals surface area contributed by atoms with Crippen LogP contribution in [0.5, 0.6) is 0 Å². The van der Waals surface area contributed by atoms with Gasteiger partial charge in [0.15, 0.2) is 0 Å². The molecule has 0 aliphatic carbocycles. The van der Waals surface area contributed by atoms with Gasteiger partial charge < -0.3 is 0 Å². The van der Waals surface area contributed by atoms with E-state index in [0.29, 0.717) is 0 Å². The molecule has 0 aromatic heterocycles. The monoisotopic (exact) mass is 409 g/mol. The maximum Gasteiger partial charge on any atom is 0.00700 e. The molecule has 0 fully saturated rings. The van der Waals surface area contributed by atoms with Crippen LogP contribution in [0.1, 0.15) is 90.1 Å². The highest BCUT2D eigenvalue weighted by atomic mass is 31.1. The van der Waals surface area contributed by atoms with Crippen molar-refractivity contribution in [3.05, 3.63) is 58.1 Å². The van der Waals surface area contributed by atoms with Crippen LogP contribution >= 0.6 is 8.07 Å². The average Bonchev–Trinajstić information content (AvgIpc) is 2.74. The molecule has 1 aliphatic heterocycles. The first-order valence-electron chi connectivity index (χ1n) is 11.0. The van der Waals surface area contributed by atoms with Gasteiger partial charge in [-0.3, -0.25) is 5.09 Å². The lowest BCUT2D eigenvalue weighted by Crippen LogP contribution is -2.19. The fraction of sp³-hybridized carbons (Fsp3) is 0.556. The summed E-state index contributed by atoms with van der Waals surface area (Å²) in [6.07, 6.45) is 2.30. The van der Waals surface area contributed by atoms with Gasteiger partial charge in [-0.05, 0) is 70.3 Å². The first kappa shape index (κ1) is 22.5. The summed E-state index contributed by atoms with van der Waals surface area (Å²) in [5.74, 6) is 0. The van der Waals surface area contributed by atoms with Gasteiger partial charge in [0.1, 0.15) is 0 Å². The van der Waals surface area contributed by atoms with Gasteiger partial charge in [0.25, 0.3) is 0 Å². The molecule has 1 heterocycles. The van der Waals surface area contributed by atoms with E-state index < -0.39 is 0 Å². The van der Waals surface area contributed by atoms with Gasteiger partial charge in [0, 0.05) is 12.3 Å². The Balaban J connectivity index is 2.40. The molecule has 1 unspecified atom stereocenters. The van der Waals surface area contributed by atoms with Gasteiger partial charge in [-0.25, -0.2) is 0 Å². The predicted octanol–water partition coefficient (Wildman–Crippen LogP) is 7.88. The Morgan fingerprint density at radius 1 is 0.690 bits per heavy atom. The van der Waals surface area contributed by atoms with Gasteiger partial charge in [-0.1, -0.05) is 92.6 Å². The highest BCUT2D eigenvalue weighted by molar-refractivity contribution is 7.53. The Hall–Kier alpha value is -1.17. The molecule has 0 amide bonds. The summed E-state index contributed by atoms with van der Waals surface area (Å²) in [7, 11) is 1.88. The maximum absolute atomic E-state index is 3.66. The van der Waals surface area contributed by atoms with Crippen LogP contribution in [0.25, 0.3) is 11.1 Å². The molecule has 2 heteroatoms. The standard InChI is InChI=1S/C27H40NP/c1-25(2,3)19-12-11-18-16-29(28-10)17-23-22(21(18)13-19)14-20(26(4,5)6)15-24(23)27(7,8)9/h11-15,28H,16-17H2,1-10H3. The van der Waals surface area contributed by atoms with Gasteiger partial charge in [0.05, 0.1) is 0 Å². The van der Waals surface area contributed by atoms with E-state index in [-0.39, 0.29) is 24.3 Å². The summed E-state index contributed by atoms with van der Waals surface area (Å²) in [5.41, 5.74) is 10.8. The number of fused-ring (bicyclic) bond motifs is 3. The molecule has 3 rings (SSSR count). The Bertz CT molecular complexity index is 904. The van der Waals surface area contributed by atoms with Crippen LogP contribution in [0.4, 0.5) is 0 Å². The van der Waals surface area contributed by atoms with Crippen molar-refractivity contribution < 1.29 is 0 Å². The largest absolute Gasteiger partial charge is 0.298 e. The molecule has 0 spiro atoms. The minimum Gasteiger partial charge on any atom is -0.298 e. The van der Waals surface area contributed by atoms with Crippen LogP contribution in [-0.4, -0.2) is 7.05 Å². The fourth-order valence-corrected chi connectivity index (χ4v) is 6.06. The molecule has 2 aromatic rings. The molecule has 0 saturated carbocycles. The lowest BCUT2D eigenvalue weighted by atomic mass is 9.75. The molecular weight excluding hydrogens is 369 g/mol. The van der Waals surface area contributed by atoms with Gasteiger partial charge in [0.2, 0.25) is 0 Å². The Morgan fingerprint density at radius 2 is 1.28 bits per heavy atom. The van der Waals surface area contributed by atoms with Crippen molar-refractivity contribution in [2.24, 2.45) is 0 Å². The second-order valence-corrected chi connectivity index (χ2v) is 13.9. The van der Waals surface area contributed by atoms with Crippen molar-refractivity contribution in [1.29, 1.82) is 0 Å². The molecule has 2 aromatic carbocycles. The zero-order valence-electron chi connectivity index (χ0n) is 20.2. The molecule has 1 N–H and O–H groups in total. The second-order valence-electron chi connectivity index (χ2n) is 11.8. The number of benzene rings is 2. The van der Waals surface area contributed by atoms with Gasteiger partial charge in [-0.2, -0.15) is 0 Å². The lowest BCUT2D eigenvalue weighted by Gasteiger charge is -2.30. The van der Waals surface area contributed by atoms with E-state index in [0.717, 1.165) is 12.3 Å². The first-order valence-corrected chi connectivity index (χ1v) is 12.7. The van der Waals surface area contributed by atoms with Crippen molar-refractivity contribution in [2.45, 2.75) is 90.9 Å². The quantitative estimate of drug-likeness (QED) is 0.472. The van der Waals surface area contributed by atoms with Crippen LogP contribution in [0.2, 0.25) is 0 Å². The molecule has 158 valence electrons. The van der Waals surface area contributed by atoms with E-state index in [1.807, 2.05) is 0 Å². The van der Waals surface area contributed by atoms with Crippen molar-refractivity contribution in [3.8, 4) is 11.1 Å². The molecule has 1 nitrogen and oxygen atoms in total. The Morgan fingerprint density at radius 3 is 1.79 bits per heavy atom. The summed E-state index contributed by atoms with van der Waals surface area (Å²) in [5, 5.41) is 3.66. The van der Waals surface area contributed by atoms with E-state index >= 15 is 0 Å². The van der Waals surface area contributed by atoms with Crippen LogP contribution in [0.3, 0.4) is 0 Å². The van der Waals surface area contributed by atoms with Crippen molar-refractivity contribution in [1.82, 2.24) is 5.09 Å². The summed E-state index contributed by atoms with van der Waals surface area (Å²) >= 11 is 0. The molecule has 1 atom stereocenters. The van der Waals surface area contributed by atoms with Crippen LogP contribution in [-0.2, 0) is 28.6 Å². The number of rotatable bonds is 1. The molecule has 29 heavy (non-hydrogen) atoms. The number of hydrogen-bond donors (Lipinski definition) is 1. The maximum atomic E-state index is 3.66. The Kier molecular flexibility index (Phi) is 5.83. The molecule has 0 saturated heterocycles. The minimum absolute atomic E-state index is 0.131. The lowest BCUT2D eigenvalue weighted by molar-refractivity contribution is 0.565. The summed E-state index contributed by atoms with van der Waals surface area (Å²) in [4.78, 5) is 0. The molecule has 0 bridgehead atoms. The third-order valence-electron chi connectivity index (χ3n) is 6.22. The van der Waals surface area contributed by atoms with E-state index in [9.17, 15) is 0 Å². The van der Waals surface area contributed by atoms with Crippen molar-refractivity contribution >= 4 is 8.07 Å². The SMILES string of the molecule is CNP1Cc2ccc(C(C)(C)C)cc2-c2cc(C(C)(C)C)cc(C(C)(C)C)c2C1. The van der Waals surface area contributed by atoms with Gasteiger partial charge >= 0.3 is 0 Å². The van der Waals surface area contributed by atoms with Crippen molar-refractivity contribution in [3.63, 3.8) is 0 Å². The van der Waals surface area contributed by atoms with E-state index in [4.69, 9.17) is 0 Å². The normalized spacial score (nSPS) is 17.5. The highest BCUT2D eigenvalue weighted by Crippen LogP contribution is 2.51. The van der Waals surface area contributed by atoms with Crippen LogP contribution < -0.4 is 5.09 Å². The summed E-state index contributed by atoms with van der Waals surface area (Å²) in [6, 6.07) is 12.2. The van der Waals surface area contributed by atoms with E-state index in [2.05, 4.69) is 105 Å². The van der Waals surface area contributed by atoms with Crippen molar-refractivity contribution in [2.75, 3.05) is 7.05 Å². The third kappa shape index (κ3) is 4.62. The topological polar surface area (TPSA) is 12.0 Å². The number of hydrogen-bond acceptors (Lipinski definition) is 1. The first-order chi connectivity index (χ1) is 13.2. The zero-order chi connectivity index (χ0) is 21.8. The molecule has 0 radical (unpaired) electrons. The average molecular weight is 410 g/mol. The molecular formula is C27H40NP. The number of nitrogens with one attached hydrogen (secondary N) is 1. The van der Waals surface area contributed by atoms with Gasteiger partial charge in [-0.15, -0.1) is 0 Å². The third-order valence-corrected chi connectivity index (χ3v) is 8.27. The predicted molar refractivity (Wildman–Crippen MR) is 131 cm³/mol. The minimum atomic E-state index is -0.258. The van der Waals surface area contributed by atoms with Crippen LogP contribution in [0, 0.1) is 0 Å². The summed E-state index contributed by atoms with van der Waals surface area (Å²) in [6.45, 7) is 21.1. The van der Waals surface area contributed by atoms with E-state index in [1.54, 1.807) is 5.56 Å². The molecule has 1 aliphatic rings. The highest BCUT2D eigenvalue weighted by Gasteiger charge is 2.30. The Labute approximate surface area is 180 Å².